The summed E-state index contributed by atoms with van der Waals surface area (Å²) in [6.07, 6.45) is 3.22. The van der Waals surface area contributed by atoms with Gasteiger partial charge < -0.3 is 15.4 Å². The molecule has 0 unspecified atom stereocenters. The van der Waals surface area contributed by atoms with Crippen molar-refractivity contribution < 1.29 is 4.74 Å². The molecule has 5 heteroatoms. The van der Waals surface area contributed by atoms with Gasteiger partial charge in [0.2, 0.25) is 5.88 Å². The number of aromatic nitrogens is 1. The largest absolute Gasteiger partial charge is 0.475 e. The van der Waals surface area contributed by atoms with Crippen LogP contribution < -0.4 is 10.5 Å². The molecule has 0 radical (unpaired) electrons. The lowest BCUT2D eigenvalue weighted by molar-refractivity contribution is 0.111. The zero-order chi connectivity index (χ0) is 14.9. The maximum atomic E-state index is 5.93. The molecule has 0 bridgehead atoms. The molecule has 0 saturated heterocycles. The van der Waals surface area contributed by atoms with Gasteiger partial charge in [0.15, 0.2) is 0 Å². The van der Waals surface area contributed by atoms with E-state index in [1.807, 2.05) is 14.1 Å². The highest BCUT2D eigenvalue weighted by atomic mass is 32.1. The van der Waals surface area contributed by atoms with Gasteiger partial charge in [0.25, 0.3) is 0 Å². The third kappa shape index (κ3) is 3.10. The highest BCUT2D eigenvalue weighted by Gasteiger charge is 2.24. The van der Waals surface area contributed by atoms with Crippen molar-refractivity contribution in [2.75, 3.05) is 20.7 Å². The van der Waals surface area contributed by atoms with Gasteiger partial charge in [0.1, 0.15) is 11.6 Å². The van der Waals surface area contributed by atoms with Crippen molar-refractivity contribution in [2.45, 2.75) is 38.6 Å². The smallest absolute Gasteiger partial charge is 0.224 e. The van der Waals surface area contributed by atoms with Crippen molar-refractivity contribution in [3.8, 4) is 5.88 Å². The van der Waals surface area contributed by atoms with E-state index in [1.54, 1.807) is 0 Å². The molecular formula is C15H23N3OS. The minimum absolute atomic E-state index is 0.0752. The van der Waals surface area contributed by atoms with Crippen LogP contribution in [0.5, 0.6) is 5.88 Å². The van der Waals surface area contributed by atoms with Crippen LogP contribution in [0.3, 0.4) is 0 Å². The predicted molar refractivity (Wildman–Crippen MR) is 85.4 cm³/mol. The molecule has 2 N–H and O–H groups in total. The second kappa shape index (κ2) is 5.66. The van der Waals surface area contributed by atoms with E-state index in [2.05, 4.69) is 29.8 Å². The molecule has 0 amide bonds. The van der Waals surface area contributed by atoms with E-state index >= 15 is 0 Å². The monoisotopic (exact) mass is 293 g/mol. The second-order valence-corrected chi connectivity index (χ2v) is 6.60. The molecule has 2 rings (SSSR count). The van der Waals surface area contributed by atoms with Crippen LogP contribution >= 0.6 is 12.2 Å². The van der Waals surface area contributed by atoms with Crippen molar-refractivity contribution >= 4 is 17.2 Å². The molecule has 1 aromatic heterocycles. The number of hydrogen-bond donors (Lipinski definition) is 1. The molecule has 0 aliphatic heterocycles. The van der Waals surface area contributed by atoms with Crippen LogP contribution in [0.2, 0.25) is 0 Å². The van der Waals surface area contributed by atoms with Gasteiger partial charge >= 0.3 is 0 Å². The van der Waals surface area contributed by atoms with E-state index in [-0.39, 0.29) is 5.54 Å². The molecule has 4 nitrogen and oxygen atoms in total. The molecule has 1 aliphatic rings. The van der Waals surface area contributed by atoms with Crippen LogP contribution in [0.4, 0.5) is 0 Å². The zero-order valence-corrected chi connectivity index (χ0v) is 13.5. The van der Waals surface area contributed by atoms with E-state index < -0.39 is 0 Å². The molecule has 1 aromatic rings. The van der Waals surface area contributed by atoms with Crippen molar-refractivity contribution in [1.82, 2.24) is 9.88 Å². The van der Waals surface area contributed by atoms with Gasteiger partial charge in [-0.25, -0.2) is 4.98 Å². The molecule has 0 spiro atoms. The summed E-state index contributed by atoms with van der Waals surface area (Å²) in [5.41, 5.74) is 8.88. The Hall–Kier alpha value is -1.20. The highest BCUT2D eigenvalue weighted by molar-refractivity contribution is 7.80. The van der Waals surface area contributed by atoms with Gasteiger partial charge in [0, 0.05) is 11.2 Å². The molecule has 1 aliphatic carbocycles. The third-order valence-electron chi connectivity index (χ3n) is 4.05. The zero-order valence-electron chi connectivity index (χ0n) is 12.7. The molecule has 110 valence electrons. The summed E-state index contributed by atoms with van der Waals surface area (Å²) in [4.78, 5) is 7.11. The topological polar surface area (TPSA) is 51.4 Å². The summed E-state index contributed by atoms with van der Waals surface area (Å²) in [6, 6.07) is 2.05. The average molecular weight is 293 g/mol. The number of nitrogens with two attached hydrogens (primary N) is 1. The quantitative estimate of drug-likeness (QED) is 0.841. The molecule has 0 fully saturated rings. The number of thiocarbonyl (C=S) groups is 1. The van der Waals surface area contributed by atoms with Gasteiger partial charge in [-0.05, 0) is 58.8 Å². The maximum absolute atomic E-state index is 5.93. The Bertz CT molecular complexity index is 526. The van der Waals surface area contributed by atoms with Gasteiger partial charge in [-0.15, -0.1) is 0 Å². The summed E-state index contributed by atoms with van der Waals surface area (Å²) in [7, 11) is 4.07. The molecule has 0 saturated carbocycles. The first-order chi connectivity index (χ1) is 9.31. The SMILES string of the molecule is CN(C)C(C)(C)COc1nc2c(cc1C(N)=S)CCC2. The van der Waals surface area contributed by atoms with Gasteiger partial charge in [0.05, 0.1) is 5.56 Å². The number of nitrogens with zero attached hydrogens (tertiary/aromatic N) is 2. The molecule has 1 heterocycles. The number of pyridine rings is 1. The van der Waals surface area contributed by atoms with E-state index in [9.17, 15) is 0 Å². The highest BCUT2D eigenvalue weighted by Crippen LogP contribution is 2.27. The van der Waals surface area contributed by atoms with Crippen LogP contribution in [-0.4, -0.2) is 41.1 Å². The van der Waals surface area contributed by atoms with Crippen LogP contribution in [0, 0.1) is 0 Å². The summed E-state index contributed by atoms with van der Waals surface area (Å²) in [5, 5.41) is 0. The Kier molecular flexibility index (Phi) is 4.30. The number of aryl methyl sites for hydroxylation is 2. The molecular weight excluding hydrogens is 270 g/mol. The molecule has 0 aromatic carbocycles. The van der Waals surface area contributed by atoms with E-state index in [1.165, 1.54) is 5.56 Å². The maximum Gasteiger partial charge on any atom is 0.224 e. The normalized spacial score (nSPS) is 14.4. The summed E-state index contributed by atoms with van der Waals surface area (Å²) < 4.78 is 5.93. The Morgan fingerprint density at radius 1 is 1.45 bits per heavy atom. The van der Waals surface area contributed by atoms with Crippen molar-refractivity contribution in [3.63, 3.8) is 0 Å². The second-order valence-electron chi connectivity index (χ2n) is 6.16. The number of ether oxygens (including phenoxy) is 1. The number of fused-ring (bicyclic) bond motifs is 1. The van der Waals surface area contributed by atoms with E-state index in [4.69, 9.17) is 22.7 Å². The molecule has 20 heavy (non-hydrogen) atoms. The number of hydrogen-bond acceptors (Lipinski definition) is 4. The third-order valence-corrected chi connectivity index (χ3v) is 4.27. The summed E-state index contributed by atoms with van der Waals surface area (Å²) >= 11 is 5.13. The lowest BCUT2D eigenvalue weighted by atomic mass is 10.1. The standard InChI is InChI=1S/C15H23N3OS/c1-15(2,18(3)4)9-19-14-11(13(16)20)8-10-6-5-7-12(10)17-14/h8H,5-7,9H2,1-4H3,(H2,16,20). The van der Waals surface area contributed by atoms with Crippen LogP contribution in [-0.2, 0) is 12.8 Å². The van der Waals surface area contributed by atoms with Crippen LogP contribution in [0.15, 0.2) is 6.07 Å². The molecule has 0 atom stereocenters. The lowest BCUT2D eigenvalue weighted by Crippen LogP contribution is -2.43. The first-order valence-corrected chi connectivity index (χ1v) is 7.35. The van der Waals surface area contributed by atoms with Gasteiger partial charge in [-0.3, -0.25) is 0 Å². The fourth-order valence-corrected chi connectivity index (χ4v) is 2.26. The Morgan fingerprint density at radius 2 is 2.15 bits per heavy atom. The van der Waals surface area contributed by atoms with Crippen molar-refractivity contribution in [2.24, 2.45) is 5.73 Å². The van der Waals surface area contributed by atoms with Crippen molar-refractivity contribution in [3.05, 3.63) is 22.9 Å². The van der Waals surface area contributed by atoms with Crippen LogP contribution in [0.1, 0.15) is 37.1 Å². The minimum atomic E-state index is -0.0752. The van der Waals surface area contributed by atoms with Crippen LogP contribution in [0.25, 0.3) is 0 Å². The Labute approximate surface area is 126 Å². The average Bonchev–Trinajstić information content (AvgIpc) is 2.81. The number of likely N-dealkylation sites (N-methyl/N-ethyl adjacent to an activating group) is 1. The van der Waals surface area contributed by atoms with Gasteiger partial charge in [-0.2, -0.15) is 0 Å². The summed E-state index contributed by atoms with van der Waals surface area (Å²) in [6.45, 7) is 4.79. The Balaban J connectivity index is 2.25. The number of rotatable bonds is 5. The Morgan fingerprint density at radius 3 is 2.75 bits per heavy atom. The first kappa shape index (κ1) is 15.2. The lowest BCUT2D eigenvalue weighted by Gasteiger charge is -2.32. The fourth-order valence-electron chi connectivity index (χ4n) is 2.11. The van der Waals surface area contributed by atoms with E-state index in [0.717, 1.165) is 30.5 Å². The summed E-state index contributed by atoms with van der Waals surface area (Å²) in [5.74, 6) is 0.577. The van der Waals surface area contributed by atoms with E-state index in [0.29, 0.717) is 17.5 Å². The fraction of sp³-hybridized carbons (Fsp3) is 0.600. The predicted octanol–water partition coefficient (Wildman–Crippen LogP) is 1.92. The minimum Gasteiger partial charge on any atom is -0.475 e. The first-order valence-electron chi connectivity index (χ1n) is 6.94. The van der Waals surface area contributed by atoms with Crippen molar-refractivity contribution in [1.29, 1.82) is 0 Å². The van der Waals surface area contributed by atoms with Gasteiger partial charge in [-0.1, -0.05) is 12.2 Å².